The van der Waals surface area contributed by atoms with E-state index in [2.05, 4.69) is 10.4 Å². The molecule has 0 aliphatic carbocycles. The van der Waals surface area contributed by atoms with Crippen LogP contribution in [0, 0.1) is 6.92 Å². The highest BCUT2D eigenvalue weighted by atomic mass is 35.5. The maximum absolute atomic E-state index is 12.6. The van der Waals surface area contributed by atoms with E-state index in [1.807, 2.05) is 0 Å². The molecule has 0 saturated carbocycles. The van der Waals surface area contributed by atoms with Crippen molar-refractivity contribution in [3.05, 3.63) is 16.4 Å². The molecule has 1 rings (SSSR count). The third-order valence-electron chi connectivity index (χ3n) is 2.50. The molecule has 0 aliphatic heterocycles. The van der Waals surface area contributed by atoms with Gasteiger partial charge in [0.25, 0.3) is 0 Å². The molecule has 0 aliphatic rings. The number of hydrogen-bond donors (Lipinski definition) is 2. The third-order valence-corrected chi connectivity index (χ3v) is 2.96. The van der Waals surface area contributed by atoms with Crippen LogP contribution in [0.25, 0.3) is 0 Å². The van der Waals surface area contributed by atoms with E-state index in [1.54, 1.807) is 0 Å². The number of amides is 1. The number of aliphatic hydroxyl groups excluding tert-OH is 1. The monoisotopic (exact) mass is 299 g/mol. The summed E-state index contributed by atoms with van der Waals surface area (Å²) < 4.78 is 38.8. The second-order valence-corrected chi connectivity index (χ2v) is 4.26. The lowest BCUT2D eigenvalue weighted by Gasteiger charge is -2.13. The highest BCUT2D eigenvalue weighted by Gasteiger charge is 2.39. The Morgan fingerprint density at radius 3 is 2.58 bits per heavy atom. The fraction of sp³-hybridized carbons (Fsp3) is 0.600. The van der Waals surface area contributed by atoms with Gasteiger partial charge < -0.3 is 10.4 Å². The second kappa shape index (κ2) is 5.79. The molecule has 0 fully saturated rings. The van der Waals surface area contributed by atoms with Crippen LogP contribution in [0.3, 0.4) is 0 Å². The lowest BCUT2D eigenvalue weighted by Crippen LogP contribution is -2.33. The van der Waals surface area contributed by atoms with Crippen molar-refractivity contribution in [1.82, 2.24) is 15.1 Å². The van der Waals surface area contributed by atoms with Crippen LogP contribution < -0.4 is 5.32 Å². The van der Waals surface area contributed by atoms with E-state index in [0.29, 0.717) is 0 Å². The third kappa shape index (κ3) is 3.38. The summed E-state index contributed by atoms with van der Waals surface area (Å²) in [6.45, 7) is 2.50. The van der Waals surface area contributed by atoms with E-state index in [4.69, 9.17) is 16.7 Å². The number of aromatic nitrogens is 2. The van der Waals surface area contributed by atoms with Crippen LogP contribution in [0.1, 0.15) is 24.4 Å². The Morgan fingerprint density at radius 1 is 1.58 bits per heavy atom. The molecular weight excluding hydrogens is 287 g/mol. The average molecular weight is 300 g/mol. The molecule has 1 aromatic rings. The maximum Gasteiger partial charge on any atom is 0.436 e. The normalized spacial score (nSPS) is 13.4. The first-order valence-electron chi connectivity index (χ1n) is 5.40. The molecule has 0 bridgehead atoms. The van der Waals surface area contributed by atoms with Gasteiger partial charge in [-0.1, -0.05) is 11.6 Å². The van der Waals surface area contributed by atoms with Crippen molar-refractivity contribution >= 4 is 17.5 Å². The zero-order chi connectivity index (χ0) is 14.8. The smallest absolute Gasteiger partial charge is 0.395 e. The summed E-state index contributed by atoms with van der Waals surface area (Å²) in [6, 6.07) is -0.958. The van der Waals surface area contributed by atoms with Gasteiger partial charge in [0, 0.05) is 6.54 Å². The van der Waals surface area contributed by atoms with Gasteiger partial charge in [-0.15, -0.1) is 0 Å². The van der Waals surface area contributed by atoms with Gasteiger partial charge >= 0.3 is 6.18 Å². The Labute approximate surface area is 112 Å². The van der Waals surface area contributed by atoms with E-state index in [-0.39, 0.29) is 18.8 Å². The molecule has 0 saturated heterocycles. The Hall–Kier alpha value is -1.28. The van der Waals surface area contributed by atoms with Gasteiger partial charge in [-0.25, -0.2) is 0 Å². The molecule has 0 spiro atoms. The molecule has 9 heteroatoms. The van der Waals surface area contributed by atoms with Gasteiger partial charge in [-0.3, -0.25) is 9.48 Å². The second-order valence-electron chi connectivity index (χ2n) is 3.88. The molecule has 19 heavy (non-hydrogen) atoms. The van der Waals surface area contributed by atoms with E-state index in [9.17, 15) is 18.0 Å². The summed E-state index contributed by atoms with van der Waals surface area (Å²) >= 11 is 5.58. The number of alkyl halides is 3. The first-order valence-corrected chi connectivity index (χ1v) is 5.78. The van der Waals surface area contributed by atoms with E-state index in [1.165, 1.54) is 13.8 Å². The molecule has 1 heterocycles. The molecule has 2 N–H and O–H groups in total. The van der Waals surface area contributed by atoms with Crippen molar-refractivity contribution in [2.24, 2.45) is 0 Å². The van der Waals surface area contributed by atoms with Crippen LogP contribution in [0.4, 0.5) is 13.2 Å². The number of hydrogen-bond acceptors (Lipinski definition) is 3. The molecule has 1 atom stereocenters. The van der Waals surface area contributed by atoms with Crippen LogP contribution >= 0.6 is 11.6 Å². The summed E-state index contributed by atoms with van der Waals surface area (Å²) in [7, 11) is 0. The van der Waals surface area contributed by atoms with Gasteiger partial charge in [0.15, 0.2) is 5.69 Å². The lowest BCUT2D eigenvalue weighted by atomic mass is 10.3. The minimum absolute atomic E-state index is 0.0172. The molecular formula is C10H13ClF3N3O2. The Balaban J connectivity index is 3.05. The van der Waals surface area contributed by atoms with Crippen molar-refractivity contribution in [3.8, 4) is 0 Å². The minimum atomic E-state index is -4.67. The summed E-state index contributed by atoms with van der Waals surface area (Å²) in [5.41, 5.74) is -1.16. The topological polar surface area (TPSA) is 67.2 Å². The summed E-state index contributed by atoms with van der Waals surface area (Å²) in [5.74, 6) is -0.551. The fourth-order valence-corrected chi connectivity index (χ4v) is 1.73. The largest absolute Gasteiger partial charge is 0.436 e. The van der Waals surface area contributed by atoms with Gasteiger partial charge in [0.2, 0.25) is 5.91 Å². The zero-order valence-electron chi connectivity index (χ0n) is 10.3. The summed E-state index contributed by atoms with van der Waals surface area (Å²) in [4.78, 5) is 11.6. The number of nitrogens with one attached hydrogen (secondary N) is 1. The van der Waals surface area contributed by atoms with E-state index in [0.717, 1.165) is 4.68 Å². The predicted octanol–water partition coefficient (Wildman–Crippen LogP) is 1.53. The van der Waals surface area contributed by atoms with Crippen LogP contribution in [0.15, 0.2) is 0 Å². The SMILES string of the molecule is Cc1c(Cl)c(C(F)(F)F)nn1C(C)C(=O)NCCO. The van der Waals surface area contributed by atoms with Gasteiger partial charge in [-0.2, -0.15) is 18.3 Å². The number of carbonyl (C=O) groups excluding carboxylic acids is 1. The first-order chi connectivity index (χ1) is 8.70. The Morgan fingerprint density at radius 2 is 2.16 bits per heavy atom. The molecule has 1 amide bonds. The van der Waals surface area contributed by atoms with Gasteiger partial charge in [0.05, 0.1) is 17.3 Å². The van der Waals surface area contributed by atoms with E-state index < -0.39 is 28.8 Å². The highest BCUT2D eigenvalue weighted by Crippen LogP contribution is 2.36. The number of carbonyl (C=O) groups is 1. The fourth-order valence-electron chi connectivity index (χ4n) is 1.49. The van der Waals surface area contributed by atoms with Gasteiger partial charge in [0.1, 0.15) is 6.04 Å². The van der Waals surface area contributed by atoms with E-state index >= 15 is 0 Å². The number of halogens is 4. The quantitative estimate of drug-likeness (QED) is 0.886. The number of aliphatic hydroxyl groups is 1. The number of rotatable bonds is 4. The lowest BCUT2D eigenvalue weighted by molar-refractivity contribution is -0.141. The van der Waals surface area contributed by atoms with Crippen molar-refractivity contribution in [2.75, 3.05) is 13.2 Å². The van der Waals surface area contributed by atoms with Crippen molar-refractivity contribution < 1.29 is 23.1 Å². The van der Waals surface area contributed by atoms with Crippen LogP contribution in [-0.2, 0) is 11.0 Å². The van der Waals surface area contributed by atoms with Crippen molar-refractivity contribution in [3.63, 3.8) is 0 Å². The predicted molar refractivity (Wildman–Crippen MR) is 61.8 cm³/mol. The molecule has 108 valence electrons. The maximum atomic E-state index is 12.6. The van der Waals surface area contributed by atoms with Crippen molar-refractivity contribution in [1.29, 1.82) is 0 Å². The molecule has 5 nitrogen and oxygen atoms in total. The number of nitrogens with zero attached hydrogens (tertiary/aromatic N) is 2. The standard InChI is InChI=1S/C10H13ClF3N3O2/c1-5-7(11)8(10(12,13)14)16-17(5)6(2)9(19)15-3-4-18/h6,18H,3-4H2,1-2H3,(H,15,19). The molecule has 1 aromatic heterocycles. The Bertz CT molecular complexity index is 473. The van der Waals surface area contributed by atoms with Crippen LogP contribution in [-0.4, -0.2) is 33.9 Å². The summed E-state index contributed by atoms with van der Waals surface area (Å²) in [5, 5.41) is 13.7. The van der Waals surface area contributed by atoms with Gasteiger partial charge in [-0.05, 0) is 13.8 Å². The summed E-state index contributed by atoms with van der Waals surface area (Å²) in [6.07, 6.45) is -4.67. The first kappa shape index (κ1) is 15.8. The molecule has 1 unspecified atom stereocenters. The van der Waals surface area contributed by atoms with Crippen LogP contribution in [0.5, 0.6) is 0 Å². The molecule has 0 aromatic carbocycles. The average Bonchev–Trinajstić information content (AvgIpc) is 2.62. The molecule has 0 radical (unpaired) electrons. The highest BCUT2D eigenvalue weighted by molar-refractivity contribution is 6.32. The zero-order valence-corrected chi connectivity index (χ0v) is 11.0. The van der Waals surface area contributed by atoms with Crippen molar-refractivity contribution in [2.45, 2.75) is 26.1 Å². The van der Waals surface area contributed by atoms with Crippen LogP contribution in [0.2, 0.25) is 5.02 Å². The Kier molecular flexibility index (Phi) is 4.81. The minimum Gasteiger partial charge on any atom is -0.395 e.